The van der Waals surface area contributed by atoms with Gasteiger partial charge in [0.05, 0.1) is 18.0 Å². The van der Waals surface area contributed by atoms with Crippen molar-refractivity contribution in [2.24, 2.45) is 5.73 Å². The quantitative estimate of drug-likeness (QED) is 0.760. The number of hydrogen-bond donors (Lipinski definition) is 1. The van der Waals surface area contributed by atoms with Crippen LogP contribution in [-0.2, 0) is 0 Å². The summed E-state index contributed by atoms with van der Waals surface area (Å²) < 4.78 is 7.29. The molecule has 0 fully saturated rings. The number of rotatable bonds is 8. The van der Waals surface area contributed by atoms with E-state index in [-0.39, 0.29) is 5.69 Å². The van der Waals surface area contributed by atoms with E-state index in [1.165, 1.54) is 19.3 Å². The first-order chi connectivity index (χ1) is 10.6. The number of amides is 1. The average molecular weight is 302 g/mol. The molecule has 0 unspecified atom stereocenters. The predicted octanol–water partition coefficient (Wildman–Crippen LogP) is 2.63. The molecule has 2 N–H and O–H groups in total. The highest BCUT2D eigenvalue weighted by Gasteiger charge is 2.14. The number of unbranched alkanes of at least 4 members (excludes halogenated alkanes) is 3. The number of nitrogens with two attached hydrogens (primary N) is 1. The molecule has 6 nitrogen and oxygen atoms in total. The van der Waals surface area contributed by atoms with Crippen molar-refractivity contribution in [2.45, 2.75) is 39.5 Å². The first-order valence-electron chi connectivity index (χ1n) is 7.58. The SMILES string of the molecule is CCCCCCOc1ccc(-n2nnc(C(N)=O)c2C)cc1. The molecule has 1 amide bonds. The molecular formula is C16H22N4O2. The van der Waals surface area contributed by atoms with Crippen molar-refractivity contribution in [1.29, 1.82) is 0 Å². The summed E-state index contributed by atoms with van der Waals surface area (Å²) in [6.45, 7) is 4.68. The van der Waals surface area contributed by atoms with Crippen molar-refractivity contribution in [3.8, 4) is 11.4 Å². The van der Waals surface area contributed by atoms with Gasteiger partial charge in [0.15, 0.2) is 5.69 Å². The Hall–Kier alpha value is -2.37. The van der Waals surface area contributed by atoms with Crippen LogP contribution >= 0.6 is 0 Å². The zero-order chi connectivity index (χ0) is 15.9. The third-order valence-electron chi connectivity index (χ3n) is 3.48. The van der Waals surface area contributed by atoms with Crippen LogP contribution in [0, 0.1) is 6.92 Å². The van der Waals surface area contributed by atoms with E-state index < -0.39 is 5.91 Å². The van der Waals surface area contributed by atoms with Gasteiger partial charge in [-0.25, -0.2) is 4.68 Å². The Morgan fingerprint density at radius 2 is 1.95 bits per heavy atom. The highest BCUT2D eigenvalue weighted by atomic mass is 16.5. The summed E-state index contributed by atoms with van der Waals surface area (Å²) in [6.07, 6.45) is 4.73. The fraction of sp³-hybridized carbons (Fsp3) is 0.438. The molecule has 22 heavy (non-hydrogen) atoms. The minimum Gasteiger partial charge on any atom is -0.494 e. The summed E-state index contributed by atoms with van der Waals surface area (Å²) in [7, 11) is 0. The number of carbonyl (C=O) groups is 1. The smallest absolute Gasteiger partial charge is 0.271 e. The summed E-state index contributed by atoms with van der Waals surface area (Å²) in [5, 5.41) is 7.76. The molecule has 2 rings (SSSR count). The number of aromatic nitrogens is 3. The Balaban J connectivity index is 1.98. The van der Waals surface area contributed by atoms with Crippen LogP contribution < -0.4 is 10.5 Å². The van der Waals surface area contributed by atoms with E-state index in [4.69, 9.17) is 10.5 Å². The predicted molar refractivity (Wildman–Crippen MR) is 84.3 cm³/mol. The lowest BCUT2D eigenvalue weighted by Crippen LogP contribution is -2.13. The first-order valence-corrected chi connectivity index (χ1v) is 7.58. The lowest BCUT2D eigenvalue weighted by molar-refractivity contribution is 0.0995. The Kier molecular flexibility index (Phi) is 5.52. The van der Waals surface area contributed by atoms with E-state index in [1.807, 2.05) is 24.3 Å². The van der Waals surface area contributed by atoms with Gasteiger partial charge in [-0.15, -0.1) is 5.10 Å². The monoisotopic (exact) mass is 302 g/mol. The average Bonchev–Trinajstić information content (AvgIpc) is 2.89. The van der Waals surface area contributed by atoms with E-state index in [2.05, 4.69) is 17.2 Å². The number of ether oxygens (including phenoxy) is 1. The molecule has 0 aliphatic carbocycles. The van der Waals surface area contributed by atoms with Gasteiger partial charge >= 0.3 is 0 Å². The minimum absolute atomic E-state index is 0.191. The second kappa shape index (κ2) is 7.59. The molecule has 6 heteroatoms. The van der Waals surface area contributed by atoms with Gasteiger partial charge in [0, 0.05) is 0 Å². The summed E-state index contributed by atoms with van der Waals surface area (Å²) >= 11 is 0. The molecule has 0 bridgehead atoms. The van der Waals surface area contributed by atoms with Crippen molar-refractivity contribution >= 4 is 5.91 Å². The zero-order valence-corrected chi connectivity index (χ0v) is 13.1. The fourth-order valence-corrected chi connectivity index (χ4v) is 2.20. The highest BCUT2D eigenvalue weighted by molar-refractivity contribution is 5.91. The van der Waals surface area contributed by atoms with Crippen LogP contribution in [0.1, 0.15) is 48.8 Å². The molecule has 1 aromatic carbocycles. The zero-order valence-electron chi connectivity index (χ0n) is 13.1. The van der Waals surface area contributed by atoms with Gasteiger partial charge in [-0.2, -0.15) is 0 Å². The van der Waals surface area contributed by atoms with E-state index in [0.29, 0.717) is 5.69 Å². The third kappa shape index (κ3) is 3.84. The van der Waals surface area contributed by atoms with Crippen LogP contribution in [0.4, 0.5) is 0 Å². The Morgan fingerprint density at radius 1 is 1.23 bits per heavy atom. The largest absolute Gasteiger partial charge is 0.494 e. The summed E-state index contributed by atoms with van der Waals surface area (Å²) in [5.41, 5.74) is 6.88. The van der Waals surface area contributed by atoms with E-state index >= 15 is 0 Å². The molecule has 0 saturated carbocycles. The standard InChI is InChI=1S/C16H22N4O2/c1-3-4-5-6-11-22-14-9-7-13(8-10-14)20-12(2)15(16(17)21)18-19-20/h7-10H,3-6,11H2,1-2H3,(H2,17,21). The second-order valence-electron chi connectivity index (χ2n) is 5.20. The molecule has 0 radical (unpaired) electrons. The van der Waals surface area contributed by atoms with Crippen LogP contribution in [-0.4, -0.2) is 27.5 Å². The molecule has 1 heterocycles. The lowest BCUT2D eigenvalue weighted by atomic mass is 10.2. The summed E-state index contributed by atoms with van der Waals surface area (Å²) in [4.78, 5) is 11.2. The number of benzene rings is 1. The maximum atomic E-state index is 11.2. The second-order valence-corrected chi connectivity index (χ2v) is 5.20. The maximum Gasteiger partial charge on any atom is 0.271 e. The Labute approximate surface area is 130 Å². The molecule has 0 atom stereocenters. The van der Waals surface area contributed by atoms with Crippen molar-refractivity contribution < 1.29 is 9.53 Å². The van der Waals surface area contributed by atoms with Crippen molar-refractivity contribution in [3.05, 3.63) is 35.7 Å². The van der Waals surface area contributed by atoms with E-state index in [1.54, 1.807) is 11.6 Å². The van der Waals surface area contributed by atoms with Gasteiger partial charge in [0.25, 0.3) is 5.91 Å². The van der Waals surface area contributed by atoms with Crippen molar-refractivity contribution in [2.75, 3.05) is 6.61 Å². The number of carbonyl (C=O) groups excluding carboxylic acids is 1. The molecule has 118 valence electrons. The summed E-state index contributed by atoms with van der Waals surface area (Å²) in [6, 6.07) is 7.54. The summed E-state index contributed by atoms with van der Waals surface area (Å²) in [5.74, 6) is 0.254. The van der Waals surface area contributed by atoms with Crippen LogP contribution in [0.15, 0.2) is 24.3 Å². The number of nitrogens with zero attached hydrogens (tertiary/aromatic N) is 3. The Bertz CT molecular complexity index is 620. The lowest BCUT2D eigenvalue weighted by Gasteiger charge is -2.08. The van der Waals surface area contributed by atoms with Gasteiger partial charge in [0.2, 0.25) is 0 Å². The Morgan fingerprint density at radius 3 is 2.55 bits per heavy atom. The first kappa shape index (κ1) is 16.0. The highest BCUT2D eigenvalue weighted by Crippen LogP contribution is 2.17. The maximum absolute atomic E-state index is 11.2. The van der Waals surface area contributed by atoms with Crippen LogP contribution in [0.3, 0.4) is 0 Å². The third-order valence-corrected chi connectivity index (χ3v) is 3.48. The fourth-order valence-electron chi connectivity index (χ4n) is 2.20. The van der Waals surface area contributed by atoms with Gasteiger partial charge in [-0.05, 0) is 37.6 Å². The van der Waals surface area contributed by atoms with Crippen LogP contribution in [0.5, 0.6) is 5.75 Å². The molecular weight excluding hydrogens is 280 g/mol. The number of hydrogen-bond acceptors (Lipinski definition) is 4. The topological polar surface area (TPSA) is 83.0 Å². The normalized spacial score (nSPS) is 10.6. The van der Waals surface area contributed by atoms with Gasteiger partial charge in [-0.3, -0.25) is 4.79 Å². The molecule has 0 spiro atoms. The van der Waals surface area contributed by atoms with Crippen LogP contribution in [0.2, 0.25) is 0 Å². The molecule has 0 saturated heterocycles. The van der Waals surface area contributed by atoms with Gasteiger partial charge in [-0.1, -0.05) is 31.4 Å². The minimum atomic E-state index is -0.573. The van der Waals surface area contributed by atoms with E-state index in [9.17, 15) is 4.79 Å². The van der Waals surface area contributed by atoms with Crippen molar-refractivity contribution in [3.63, 3.8) is 0 Å². The molecule has 0 aliphatic heterocycles. The number of primary amides is 1. The van der Waals surface area contributed by atoms with Crippen molar-refractivity contribution in [1.82, 2.24) is 15.0 Å². The molecule has 2 aromatic rings. The van der Waals surface area contributed by atoms with Crippen LogP contribution in [0.25, 0.3) is 5.69 Å². The molecule has 1 aromatic heterocycles. The van der Waals surface area contributed by atoms with E-state index in [0.717, 1.165) is 24.5 Å². The van der Waals surface area contributed by atoms with Gasteiger partial charge in [0.1, 0.15) is 5.75 Å². The molecule has 0 aliphatic rings. The van der Waals surface area contributed by atoms with Gasteiger partial charge < -0.3 is 10.5 Å².